The molecule has 0 saturated heterocycles. The van der Waals surface area contributed by atoms with E-state index in [1.807, 2.05) is 24.3 Å². The monoisotopic (exact) mass is 351 g/mol. The molecule has 3 rings (SSSR count). The number of nitrogens with two attached hydrogens (primary N) is 2. The molecule has 0 aliphatic heterocycles. The Bertz CT molecular complexity index is 912. The van der Waals surface area contributed by atoms with Crippen LogP contribution in [0.1, 0.15) is 31.4 Å². The van der Waals surface area contributed by atoms with Crippen molar-refractivity contribution in [3.05, 3.63) is 47.5 Å². The van der Waals surface area contributed by atoms with Gasteiger partial charge in [0.2, 0.25) is 11.8 Å². The number of amides is 2. The summed E-state index contributed by atoms with van der Waals surface area (Å²) in [6, 6.07) is 12.1. The van der Waals surface area contributed by atoms with Gasteiger partial charge in [0.05, 0.1) is 12.8 Å². The van der Waals surface area contributed by atoms with Crippen LogP contribution in [0.2, 0.25) is 0 Å². The number of hydrogen-bond donors (Lipinski definition) is 2. The molecule has 0 radical (unpaired) electrons. The lowest BCUT2D eigenvalue weighted by Gasteiger charge is -2.10. The number of fused-ring (bicyclic) bond motifs is 3. The highest BCUT2D eigenvalue weighted by molar-refractivity contribution is 6.08. The predicted molar refractivity (Wildman–Crippen MR) is 105 cm³/mol. The Morgan fingerprint density at radius 3 is 1.73 bits per heavy atom. The van der Waals surface area contributed by atoms with Gasteiger partial charge in [-0.05, 0) is 47.7 Å². The van der Waals surface area contributed by atoms with Crippen LogP contribution in [0.4, 0.5) is 0 Å². The number of nitrogens with zero attached hydrogens (tertiary/aromatic N) is 1. The molecule has 2 aromatic carbocycles. The zero-order valence-corrected chi connectivity index (χ0v) is 15.3. The van der Waals surface area contributed by atoms with Crippen LogP contribution in [0, 0.1) is 5.92 Å². The van der Waals surface area contributed by atoms with E-state index in [0.29, 0.717) is 5.92 Å². The van der Waals surface area contributed by atoms with Gasteiger partial charge in [0.25, 0.3) is 0 Å². The van der Waals surface area contributed by atoms with E-state index < -0.39 is 0 Å². The summed E-state index contributed by atoms with van der Waals surface area (Å²) in [6.07, 6.45) is 1.51. The summed E-state index contributed by atoms with van der Waals surface area (Å²) in [4.78, 5) is 22.6. The number of carbonyl (C=O) groups excluding carboxylic acids is 2. The van der Waals surface area contributed by atoms with E-state index in [2.05, 4.69) is 30.5 Å². The zero-order valence-electron chi connectivity index (χ0n) is 15.3. The average Bonchev–Trinajstić information content (AvgIpc) is 2.84. The smallest absolute Gasteiger partial charge is 0.221 e. The van der Waals surface area contributed by atoms with Gasteiger partial charge in [-0.25, -0.2) is 0 Å². The minimum atomic E-state index is -0.345. The molecule has 5 heteroatoms. The van der Waals surface area contributed by atoms with Gasteiger partial charge in [-0.1, -0.05) is 26.0 Å². The Kier molecular flexibility index (Phi) is 4.98. The molecule has 4 N–H and O–H groups in total. The molecule has 0 aliphatic carbocycles. The molecule has 0 saturated carbocycles. The highest BCUT2D eigenvalue weighted by Gasteiger charge is 2.13. The number of benzene rings is 2. The van der Waals surface area contributed by atoms with Crippen LogP contribution < -0.4 is 11.5 Å². The number of rotatable bonds is 7. The largest absolute Gasteiger partial charge is 0.369 e. The number of hydrogen-bond acceptors (Lipinski definition) is 2. The van der Waals surface area contributed by atoms with Gasteiger partial charge >= 0.3 is 0 Å². The standard InChI is InChI=1S/C21H25N3O2/c1-13(2)7-8-24-18-5-3-14(11-20(22)25)9-16(18)17-10-15(12-21(23)26)4-6-19(17)24/h3-6,9-10,13H,7-8,11-12H2,1-2H3,(H2,22,25)(H2,23,26). The third kappa shape index (κ3) is 3.72. The van der Waals surface area contributed by atoms with E-state index in [1.165, 1.54) is 0 Å². The fraction of sp³-hybridized carbons (Fsp3) is 0.333. The van der Waals surface area contributed by atoms with E-state index in [0.717, 1.165) is 45.9 Å². The summed E-state index contributed by atoms with van der Waals surface area (Å²) in [5.74, 6) is -0.0876. The molecule has 26 heavy (non-hydrogen) atoms. The second kappa shape index (κ2) is 7.20. The van der Waals surface area contributed by atoms with Gasteiger partial charge in [0.15, 0.2) is 0 Å². The van der Waals surface area contributed by atoms with Crippen molar-refractivity contribution in [3.63, 3.8) is 0 Å². The molecule has 5 nitrogen and oxygen atoms in total. The maximum Gasteiger partial charge on any atom is 0.221 e. The molecule has 1 aromatic heterocycles. The van der Waals surface area contributed by atoms with Crippen molar-refractivity contribution in [1.82, 2.24) is 4.57 Å². The Balaban J connectivity index is 2.19. The molecule has 3 aromatic rings. The van der Waals surface area contributed by atoms with Gasteiger partial charge in [0, 0.05) is 28.4 Å². The molecule has 1 heterocycles. The van der Waals surface area contributed by atoms with Crippen LogP contribution in [0.25, 0.3) is 21.8 Å². The molecule has 136 valence electrons. The molecule has 0 unspecified atom stereocenters. The summed E-state index contributed by atoms with van der Waals surface area (Å²) in [6.45, 7) is 5.34. The predicted octanol–water partition coefficient (Wildman–Crippen LogP) is 2.90. The lowest BCUT2D eigenvalue weighted by Crippen LogP contribution is -2.13. The first-order valence-corrected chi connectivity index (χ1v) is 8.95. The molecular weight excluding hydrogens is 326 g/mol. The van der Waals surface area contributed by atoms with Crippen molar-refractivity contribution in [2.45, 2.75) is 39.7 Å². The van der Waals surface area contributed by atoms with Crippen LogP contribution in [-0.2, 0) is 29.0 Å². The van der Waals surface area contributed by atoms with Gasteiger partial charge in [-0.3, -0.25) is 9.59 Å². The molecule has 0 aliphatic rings. The summed E-state index contributed by atoms with van der Waals surface area (Å²) in [5, 5.41) is 2.16. The summed E-state index contributed by atoms with van der Waals surface area (Å²) in [5.41, 5.74) is 14.8. The van der Waals surface area contributed by atoms with Crippen LogP contribution in [0.5, 0.6) is 0 Å². The average molecular weight is 351 g/mol. The topological polar surface area (TPSA) is 91.1 Å². The van der Waals surface area contributed by atoms with Crippen molar-refractivity contribution in [2.75, 3.05) is 0 Å². The Labute approximate surface area is 153 Å². The number of aryl methyl sites for hydroxylation is 1. The molecule has 0 bridgehead atoms. The summed E-state index contributed by atoms with van der Waals surface area (Å²) < 4.78 is 2.31. The number of aromatic nitrogens is 1. The van der Waals surface area contributed by atoms with Crippen molar-refractivity contribution in [2.24, 2.45) is 17.4 Å². The lowest BCUT2D eigenvalue weighted by molar-refractivity contribution is -0.118. The first-order chi connectivity index (χ1) is 12.3. The Morgan fingerprint density at radius 1 is 0.885 bits per heavy atom. The molecular formula is C21H25N3O2. The maximum absolute atomic E-state index is 11.3. The van der Waals surface area contributed by atoms with E-state index in [-0.39, 0.29) is 24.7 Å². The van der Waals surface area contributed by atoms with E-state index in [9.17, 15) is 9.59 Å². The second-order valence-corrected chi connectivity index (χ2v) is 7.32. The van der Waals surface area contributed by atoms with Crippen LogP contribution in [-0.4, -0.2) is 16.4 Å². The van der Waals surface area contributed by atoms with Crippen molar-refractivity contribution in [1.29, 1.82) is 0 Å². The summed E-state index contributed by atoms with van der Waals surface area (Å²) in [7, 11) is 0. The van der Waals surface area contributed by atoms with E-state index in [1.54, 1.807) is 0 Å². The minimum Gasteiger partial charge on any atom is -0.369 e. The normalized spacial score (nSPS) is 11.5. The highest BCUT2D eigenvalue weighted by atomic mass is 16.1. The fourth-order valence-electron chi connectivity index (χ4n) is 3.45. The Hall–Kier alpha value is -2.82. The quantitative estimate of drug-likeness (QED) is 0.685. The second-order valence-electron chi connectivity index (χ2n) is 7.32. The minimum absolute atomic E-state index is 0.218. The summed E-state index contributed by atoms with van der Waals surface area (Å²) >= 11 is 0. The Morgan fingerprint density at radius 2 is 1.35 bits per heavy atom. The molecule has 0 atom stereocenters. The van der Waals surface area contributed by atoms with Crippen molar-refractivity contribution < 1.29 is 9.59 Å². The fourth-order valence-corrected chi connectivity index (χ4v) is 3.45. The van der Waals surface area contributed by atoms with E-state index >= 15 is 0 Å². The van der Waals surface area contributed by atoms with Crippen LogP contribution in [0.15, 0.2) is 36.4 Å². The van der Waals surface area contributed by atoms with E-state index in [4.69, 9.17) is 11.5 Å². The third-order valence-electron chi connectivity index (χ3n) is 4.68. The third-order valence-corrected chi connectivity index (χ3v) is 4.68. The number of carbonyl (C=O) groups is 2. The molecule has 0 fully saturated rings. The SMILES string of the molecule is CC(C)CCn1c2ccc(CC(N)=O)cc2c2cc(CC(N)=O)ccc21. The first-order valence-electron chi connectivity index (χ1n) is 8.95. The van der Waals surface area contributed by atoms with Gasteiger partial charge in [-0.2, -0.15) is 0 Å². The lowest BCUT2D eigenvalue weighted by atomic mass is 10.0. The molecule has 2 amide bonds. The maximum atomic E-state index is 11.3. The van der Waals surface area contributed by atoms with Gasteiger partial charge in [-0.15, -0.1) is 0 Å². The van der Waals surface area contributed by atoms with Gasteiger partial charge in [0.1, 0.15) is 0 Å². The van der Waals surface area contributed by atoms with Crippen molar-refractivity contribution in [3.8, 4) is 0 Å². The van der Waals surface area contributed by atoms with Crippen molar-refractivity contribution >= 4 is 33.6 Å². The zero-order chi connectivity index (χ0) is 18.8. The van der Waals surface area contributed by atoms with Crippen LogP contribution in [0.3, 0.4) is 0 Å². The number of primary amides is 2. The first kappa shape index (κ1) is 18.0. The highest BCUT2D eigenvalue weighted by Crippen LogP contribution is 2.31. The van der Waals surface area contributed by atoms with Crippen LogP contribution >= 0.6 is 0 Å². The molecule has 0 spiro atoms. The van der Waals surface area contributed by atoms with Gasteiger partial charge < -0.3 is 16.0 Å².